The number of anilines is 1. The van der Waals surface area contributed by atoms with Gasteiger partial charge in [0, 0.05) is 37.6 Å². The molecule has 25 heavy (non-hydrogen) atoms. The minimum absolute atomic E-state index is 0.0315. The van der Waals surface area contributed by atoms with Crippen LogP contribution >= 0.6 is 11.8 Å². The first-order valence-corrected chi connectivity index (χ1v) is 10.3. The van der Waals surface area contributed by atoms with E-state index in [0.29, 0.717) is 0 Å². The van der Waals surface area contributed by atoms with E-state index >= 15 is 0 Å². The lowest BCUT2D eigenvalue weighted by atomic mass is 10.1. The average Bonchev–Trinajstić information content (AvgIpc) is 2.84. The molecule has 5 nitrogen and oxygen atoms in total. The number of carbonyl (C=O) groups excluding carboxylic acids is 1. The second kappa shape index (κ2) is 8.92. The van der Waals surface area contributed by atoms with E-state index in [4.69, 9.17) is 4.74 Å². The number of aryl methyl sites for hydroxylation is 2. The second-order valence-electron chi connectivity index (χ2n) is 6.92. The molecule has 0 spiro atoms. The van der Waals surface area contributed by atoms with Crippen LogP contribution in [0.5, 0.6) is 0 Å². The van der Waals surface area contributed by atoms with Gasteiger partial charge in [-0.25, -0.2) is 4.79 Å². The summed E-state index contributed by atoms with van der Waals surface area (Å²) in [5.74, 6) is 2.14. The minimum Gasteiger partial charge on any atom is -0.379 e. The van der Waals surface area contributed by atoms with Crippen molar-refractivity contribution in [3.8, 4) is 0 Å². The third-order valence-electron chi connectivity index (χ3n) is 5.03. The predicted molar refractivity (Wildman–Crippen MR) is 105 cm³/mol. The zero-order valence-electron chi connectivity index (χ0n) is 15.3. The number of thioether (sulfide) groups is 1. The number of hydrogen-bond donors (Lipinski definition) is 1. The van der Waals surface area contributed by atoms with Crippen molar-refractivity contribution in [2.24, 2.45) is 0 Å². The zero-order chi connectivity index (χ0) is 17.6. The van der Waals surface area contributed by atoms with E-state index in [0.717, 1.165) is 63.0 Å². The highest BCUT2D eigenvalue weighted by molar-refractivity contribution is 7.99. The highest BCUT2D eigenvalue weighted by atomic mass is 32.2. The highest BCUT2D eigenvalue weighted by Crippen LogP contribution is 2.20. The Bertz CT molecular complexity index is 590. The molecule has 0 aromatic heterocycles. The summed E-state index contributed by atoms with van der Waals surface area (Å²) < 4.78 is 5.45. The van der Waals surface area contributed by atoms with Gasteiger partial charge in [0.1, 0.15) is 0 Å². The Labute approximate surface area is 155 Å². The van der Waals surface area contributed by atoms with Crippen LogP contribution in [0.2, 0.25) is 0 Å². The topological polar surface area (TPSA) is 44.8 Å². The summed E-state index contributed by atoms with van der Waals surface area (Å²) in [6.07, 6.45) is 1.06. The quantitative estimate of drug-likeness (QED) is 0.897. The maximum atomic E-state index is 12.9. The number of amides is 2. The molecule has 138 valence electrons. The molecular formula is C19H29N3O2S. The summed E-state index contributed by atoms with van der Waals surface area (Å²) in [5.41, 5.74) is 3.33. The molecule has 0 radical (unpaired) electrons. The maximum Gasteiger partial charge on any atom is 0.322 e. The zero-order valence-corrected chi connectivity index (χ0v) is 16.1. The SMILES string of the molecule is Cc1ccc(NC(=O)N2CCCSCC2CN2CCOCC2)cc1C. The number of carbonyl (C=O) groups is 1. The molecule has 0 aliphatic carbocycles. The molecule has 1 aromatic carbocycles. The van der Waals surface area contributed by atoms with Crippen molar-refractivity contribution in [1.82, 2.24) is 9.80 Å². The average molecular weight is 364 g/mol. The summed E-state index contributed by atoms with van der Waals surface area (Å²) in [7, 11) is 0. The molecule has 3 rings (SSSR count). The van der Waals surface area contributed by atoms with Gasteiger partial charge in [-0.1, -0.05) is 6.07 Å². The van der Waals surface area contributed by atoms with Gasteiger partial charge in [0.15, 0.2) is 0 Å². The Balaban J connectivity index is 1.66. The van der Waals surface area contributed by atoms with Crippen LogP contribution in [0.25, 0.3) is 0 Å². The molecule has 0 saturated carbocycles. The van der Waals surface area contributed by atoms with E-state index in [-0.39, 0.29) is 12.1 Å². The lowest BCUT2D eigenvalue weighted by molar-refractivity contribution is 0.0288. The molecule has 2 saturated heterocycles. The Kier molecular flexibility index (Phi) is 6.62. The van der Waals surface area contributed by atoms with Crippen LogP contribution in [-0.4, -0.2) is 72.8 Å². The van der Waals surface area contributed by atoms with Gasteiger partial charge >= 0.3 is 6.03 Å². The standard InChI is InChI=1S/C19H29N3O2S/c1-15-4-5-17(12-16(15)2)20-19(23)22-6-3-11-25-14-18(22)13-21-7-9-24-10-8-21/h4-5,12,18H,3,6-11,13-14H2,1-2H3,(H,20,23). The third-order valence-corrected chi connectivity index (χ3v) is 6.23. The fourth-order valence-corrected chi connectivity index (χ4v) is 4.40. The van der Waals surface area contributed by atoms with Crippen LogP contribution in [0.4, 0.5) is 10.5 Å². The Hall–Kier alpha value is -1.24. The molecule has 6 heteroatoms. The van der Waals surface area contributed by atoms with Gasteiger partial charge < -0.3 is 15.0 Å². The van der Waals surface area contributed by atoms with Crippen LogP contribution in [0, 0.1) is 13.8 Å². The molecule has 1 atom stereocenters. The summed E-state index contributed by atoms with van der Waals surface area (Å²) >= 11 is 1.96. The second-order valence-corrected chi connectivity index (χ2v) is 8.07. The predicted octanol–water partition coefficient (Wildman–Crippen LogP) is 2.98. The van der Waals surface area contributed by atoms with Crippen LogP contribution < -0.4 is 5.32 Å². The monoisotopic (exact) mass is 363 g/mol. The lowest BCUT2D eigenvalue weighted by Crippen LogP contribution is -2.51. The van der Waals surface area contributed by atoms with E-state index in [1.165, 1.54) is 11.1 Å². The van der Waals surface area contributed by atoms with Crippen LogP contribution in [0.15, 0.2) is 18.2 Å². The molecular weight excluding hydrogens is 334 g/mol. The Morgan fingerprint density at radius 1 is 1.24 bits per heavy atom. The third kappa shape index (κ3) is 5.12. The van der Waals surface area contributed by atoms with Crippen molar-refractivity contribution < 1.29 is 9.53 Å². The lowest BCUT2D eigenvalue weighted by Gasteiger charge is -2.35. The number of nitrogens with zero attached hydrogens (tertiary/aromatic N) is 2. The van der Waals surface area contributed by atoms with Gasteiger partial charge in [0.05, 0.1) is 19.3 Å². The molecule has 2 aliphatic heterocycles. The summed E-state index contributed by atoms with van der Waals surface area (Å²) in [4.78, 5) is 17.4. The smallest absolute Gasteiger partial charge is 0.322 e. The molecule has 0 bridgehead atoms. The number of nitrogens with one attached hydrogen (secondary N) is 1. The largest absolute Gasteiger partial charge is 0.379 e. The van der Waals surface area contributed by atoms with Crippen molar-refractivity contribution in [2.75, 3.05) is 56.2 Å². The van der Waals surface area contributed by atoms with E-state index in [1.54, 1.807) is 0 Å². The molecule has 1 N–H and O–H groups in total. The van der Waals surface area contributed by atoms with Gasteiger partial charge in [0.2, 0.25) is 0 Å². The van der Waals surface area contributed by atoms with Crippen LogP contribution in [-0.2, 0) is 4.74 Å². The molecule has 1 unspecified atom stereocenters. The first kappa shape index (κ1) is 18.5. The van der Waals surface area contributed by atoms with E-state index in [2.05, 4.69) is 36.2 Å². The van der Waals surface area contributed by atoms with Gasteiger partial charge in [0.25, 0.3) is 0 Å². The van der Waals surface area contributed by atoms with Crippen LogP contribution in [0.1, 0.15) is 17.5 Å². The van der Waals surface area contributed by atoms with Gasteiger partial charge in [-0.05, 0) is 49.3 Å². The first-order valence-electron chi connectivity index (χ1n) is 9.16. The molecule has 2 amide bonds. The van der Waals surface area contributed by atoms with Crippen molar-refractivity contribution >= 4 is 23.5 Å². The van der Waals surface area contributed by atoms with Gasteiger partial charge in [-0.3, -0.25) is 4.90 Å². The van der Waals surface area contributed by atoms with Crippen molar-refractivity contribution in [3.05, 3.63) is 29.3 Å². The van der Waals surface area contributed by atoms with Crippen molar-refractivity contribution in [3.63, 3.8) is 0 Å². The normalized spacial score (nSPS) is 22.5. The van der Waals surface area contributed by atoms with Crippen molar-refractivity contribution in [2.45, 2.75) is 26.3 Å². The number of benzene rings is 1. The maximum absolute atomic E-state index is 12.9. The Morgan fingerprint density at radius 2 is 2.04 bits per heavy atom. The van der Waals surface area contributed by atoms with Crippen molar-refractivity contribution in [1.29, 1.82) is 0 Å². The minimum atomic E-state index is 0.0315. The molecule has 2 fully saturated rings. The fourth-order valence-electron chi connectivity index (χ4n) is 3.34. The summed E-state index contributed by atoms with van der Waals surface area (Å²) in [6.45, 7) is 9.47. The number of urea groups is 1. The molecule has 2 heterocycles. The fraction of sp³-hybridized carbons (Fsp3) is 0.632. The first-order chi connectivity index (χ1) is 12.1. The van der Waals surface area contributed by atoms with Gasteiger partial charge in [-0.15, -0.1) is 0 Å². The number of hydrogen-bond acceptors (Lipinski definition) is 4. The van der Waals surface area contributed by atoms with E-state index in [1.807, 2.05) is 22.7 Å². The summed E-state index contributed by atoms with van der Waals surface area (Å²) in [6, 6.07) is 6.40. The van der Waals surface area contributed by atoms with Gasteiger partial charge in [-0.2, -0.15) is 11.8 Å². The number of ether oxygens (including phenoxy) is 1. The Morgan fingerprint density at radius 3 is 2.80 bits per heavy atom. The van der Waals surface area contributed by atoms with E-state index in [9.17, 15) is 4.79 Å². The summed E-state index contributed by atoms with van der Waals surface area (Å²) in [5, 5.41) is 3.11. The van der Waals surface area contributed by atoms with Crippen LogP contribution in [0.3, 0.4) is 0 Å². The number of rotatable bonds is 3. The molecule has 2 aliphatic rings. The highest BCUT2D eigenvalue weighted by Gasteiger charge is 2.28. The number of morpholine rings is 1. The van der Waals surface area contributed by atoms with E-state index < -0.39 is 0 Å². The molecule has 1 aromatic rings.